The van der Waals surface area contributed by atoms with E-state index in [2.05, 4.69) is 56.6 Å². The maximum Gasteiger partial charge on any atom is 0.0911 e. The number of nitrogens with one attached hydrogen (secondary N) is 2. The van der Waals surface area contributed by atoms with Crippen LogP contribution in [0.5, 0.6) is 0 Å². The van der Waals surface area contributed by atoms with E-state index in [4.69, 9.17) is 0 Å². The Morgan fingerprint density at radius 1 is 0.957 bits per heavy atom. The van der Waals surface area contributed by atoms with Gasteiger partial charge in [-0.3, -0.25) is 0 Å². The SMILES string of the molecule is C.C.CC(C)CCCCC1=CN(CCCCC(C)C)NC(C)N1. The predicted octanol–water partition coefficient (Wildman–Crippen LogP) is 5.90. The summed E-state index contributed by atoms with van der Waals surface area (Å²) >= 11 is 0. The Morgan fingerprint density at radius 3 is 2.09 bits per heavy atom. The molecule has 23 heavy (non-hydrogen) atoms. The van der Waals surface area contributed by atoms with Crippen LogP contribution in [-0.2, 0) is 0 Å². The first-order valence-corrected chi connectivity index (χ1v) is 8.97. The first-order chi connectivity index (χ1) is 9.97. The first kappa shape index (κ1) is 24.6. The molecule has 0 saturated carbocycles. The quantitative estimate of drug-likeness (QED) is 0.489. The van der Waals surface area contributed by atoms with E-state index >= 15 is 0 Å². The van der Waals surface area contributed by atoms with Crippen LogP contribution in [0.15, 0.2) is 11.9 Å². The van der Waals surface area contributed by atoms with Gasteiger partial charge in [-0.05, 0) is 38.0 Å². The van der Waals surface area contributed by atoms with Crippen molar-refractivity contribution in [2.45, 2.75) is 101 Å². The number of rotatable bonds is 10. The molecule has 0 radical (unpaired) electrons. The smallest absolute Gasteiger partial charge is 0.0911 e. The van der Waals surface area contributed by atoms with Gasteiger partial charge in [0.15, 0.2) is 0 Å². The summed E-state index contributed by atoms with van der Waals surface area (Å²) in [6, 6.07) is 0. The zero-order chi connectivity index (χ0) is 15.7. The van der Waals surface area contributed by atoms with Crippen LogP contribution in [0.1, 0.15) is 94.4 Å². The van der Waals surface area contributed by atoms with Crippen LogP contribution in [0, 0.1) is 11.8 Å². The number of nitrogens with zero attached hydrogens (tertiary/aromatic N) is 1. The second-order valence-corrected chi connectivity index (χ2v) is 7.37. The zero-order valence-electron chi connectivity index (χ0n) is 14.9. The van der Waals surface area contributed by atoms with Crippen molar-refractivity contribution in [3.8, 4) is 0 Å². The summed E-state index contributed by atoms with van der Waals surface area (Å²) in [6.07, 6.45) is 11.7. The lowest BCUT2D eigenvalue weighted by Gasteiger charge is -2.33. The van der Waals surface area contributed by atoms with Crippen LogP contribution < -0.4 is 10.7 Å². The molecule has 0 fully saturated rings. The molecular weight excluding hydrogens is 282 g/mol. The predicted molar refractivity (Wildman–Crippen MR) is 106 cm³/mol. The molecular formula is C20H45N3. The minimum atomic E-state index is 0. The summed E-state index contributed by atoms with van der Waals surface area (Å²) in [4.78, 5) is 0. The molecule has 0 amide bonds. The minimum absolute atomic E-state index is 0. The van der Waals surface area contributed by atoms with Gasteiger partial charge < -0.3 is 10.3 Å². The number of hydrogen-bond donors (Lipinski definition) is 2. The molecule has 1 unspecified atom stereocenters. The van der Waals surface area contributed by atoms with Gasteiger partial charge in [-0.1, -0.05) is 68.2 Å². The highest BCUT2D eigenvalue weighted by Gasteiger charge is 2.14. The highest BCUT2D eigenvalue weighted by Crippen LogP contribution is 2.14. The van der Waals surface area contributed by atoms with Gasteiger partial charge in [0.05, 0.1) is 6.17 Å². The summed E-state index contributed by atoms with van der Waals surface area (Å²) in [5.74, 6) is 1.66. The highest BCUT2D eigenvalue weighted by atomic mass is 15.5. The van der Waals surface area contributed by atoms with E-state index in [-0.39, 0.29) is 14.9 Å². The van der Waals surface area contributed by atoms with Crippen molar-refractivity contribution in [1.29, 1.82) is 0 Å². The first-order valence-electron chi connectivity index (χ1n) is 8.97. The Kier molecular flexibility index (Phi) is 14.6. The molecule has 0 aromatic heterocycles. The third-order valence-electron chi connectivity index (χ3n) is 3.98. The van der Waals surface area contributed by atoms with Crippen molar-refractivity contribution in [2.24, 2.45) is 11.8 Å². The van der Waals surface area contributed by atoms with E-state index in [0.717, 1.165) is 18.4 Å². The van der Waals surface area contributed by atoms with E-state index in [0.29, 0.717) is 6.17 Å². The Bertz CT molecular complexity index is 297. The number of hydrogen-bond acceptors (Lipinski definition) is 3. The van der Waals surface area contributed by atoms with E-state index in [1.54, 1.807) is 0 Å². The number of unbranched alkanes of at least 4 members (excludes halogenated alkanes) is 2. The summed E-state index contributed by atoms with van der Waals surface area (Å²) in [5, 5.41) is 5.84. The molecule has 3 heteroatoms. The average Bonchev–Trinajstić information content (AvgIpc) is 2.39. The zero-order valence-corrected chi connectivity index (χ0v) is 14.9. The molecule has 1 aliphatic heterocycles. The van der Waals surface area contributed by atoms with Crippen molar-refractivity contribution in [1.82, 2.24) is 15.8 Å². The Balaban J connectivity index is 0. The summed E-state index contributed by atoms with van der Waals surface area (Å²) in [7, 11) is 0. The fourth-order valence-electron chi connectivity index (χ4n) is 2.79. The van der Waals surface area contributed by atoms with Crippen molar-refractivity contribution in [2.75, 3.05) is 6.54 Å². The Morgan fingerprint density at radius 2 is 1.52 bits per heavy atom. The topological polar surface area (TPSA) is 27.3 Å². The molecule has 140 valence electrons. The summed E-state index contributed by atoms with van der Waals surface area (Å²) in [5.41, 5.74) is 4.89. The van der Waals surface area contributed by atoms with Gasteiger partial charge in [0.25, 0.3) is 0 Å². The van der Waals surface area contributed by atoms with Crippen LogP contribution in [0.25, 0.3) is 0 Å². The fraction of sp³-hybridized carbons (Fsp3) is 0.900. The number of hydrazine groups is 1. The Labute approximate surface area is 147 Å². The number of allylic oxidation sites excluding steroid dienone is 1. The lowest BCUT2D eigenvalue weighted by molar-refractivity contribution is 0.192. The Hall–Kier alpha value is -0.700. The van der Waals surface area contributed by atoms with Gasteiger partial charge in [0.1, 0.15) is 0 Å². The molecule has 1 aliphatic rings. The van der Waals surface area contributed by atoms with Crippen LogP contribution >= 0.6 is 0 Å². The van der Waals surface area contributed by atoms with Crippen LogP contribution in [0.2, 0.25) is 0 Å². The van der Waals surface area contributed by atoms with Gasteiger partial charge >= 0.3 is 0 Å². The molecule has 1 heterocycles. The lowest BCUT2D eigenvalue weighted by Crippen LogP contribution is -2.52. The van der Waals surface area contributed by atoms with E-state index in [9.17, 15) is 0 Å². The minimum Gasteiger partial charge on any atom is -0.371 e. The normalized spacial score (nSPS) is 17.4. The molecule has 1 rings (SSSR count). The molecule has 3 nitrogen and oxygen atoms in total. The standard InChI is InChI=1S/C18H37N3.2CH4/c1-15(2)10-6-7-12-18-14-21(20-17(5)19-18)13-9-8-11-16(3)4;;/h14-17,19-20H,6-13H2,1-5H3;2*1H4. The molecule has 0 bridgehead atoms. The third kappa shape index (κ3) is 12.4. The molecule has 0 aromatic carbocycles. The molecule has 0 spiro atoms. The largest absolute Gasteiger partial charge is 0.371 e. The van der Waals surface area contributed by atoms with Gasteiger partial charge in [-0.2, -0.15) is 0 Å². The van der Waals surface area contributed by atoms with Gasteiger partial charge in [0.2, 0.25) is 0 Å². The van der Waals surface area contributed by atoms with Gasteiger partial charge in [0, 0.05) is 18.4 Å². The van der Waals surface area contributed by atoms with E-state index < -0.39 is 0 Å². The van der Waals surface area contributed by atoms with Crippen LogP contribution in [0.4, 0.5) is 0 Å². The highest BCUT2D eigenvalue weighted by molar-refractivity contribution is 5.02. The van der Waals surface area contributed by atoms with Gasteiger partial charge in [-0.15, -0.1) is 0 Å². The van der Waals surface area contributed by atoms with Crippen LogP contribution in [-0.4, -0.2) is 17.7 Å². The van der Waals surface area contributed by atoms with E-state index in [1.807, 2.05) is 0 Å². The van der Waals surface area contributed by atoms with Crippen LogP contribution in [0.3, 0.4) is 0 Å². The van der Waals surface area contributed by atoms with E-state index in [1.165, 1.54) is 50.6 Å². The maximum absolute atomic E-state index is 3.55. The molecule has 1 atom stereocenters. The van der Waals surface area contributed by atoms with Crippen molar-refractivity contribution >= 4 is 0 Å². The lowest BCUT2D eigenvalue weighted by atomic mass is 10.0. The second kappa shape index (κ2) is 13.7. The molecule has 0 aliphatic carbocycles. The summed E-state index contributed by atoms with van der Waals surface area (Å²) in [6.45, 7) is 12.5. The average molecular weight is 328 g/mol. The summed E-state index contributed by atoms with van der Waals surface area (Å²) < 4.78 is 0. The monoisotopic (exact) mass is 327 g/mol. The van der Waals surface area contributed by atoms with Gasteiger partial charge in [-0.25, -0.2) is 5.43 Å². The maximum atomic E-state index is 3.55. The van der Waals surface area contributed by atoms with Crippen molar-refractivity contribution in [3.05, 3.63) is 11.9 Å². The molecule has 2 N–H and O–H groups in total. The third-order valence-corrected chi connectivity index (χ3v) is 3.98. The molecule has 0 aromatic rings. The van der Waals surface area contributed by atoms with Crippen molar-refractivity contribution < 1.29 is 0 Å². The second-order valence-electron chi connectivity index (χ2n) is 7.37. The fourth-order valence-corrected chi connectivity index (χ4v) is 2.79. The van der Waals surface area contributed by atoms with Crippen molar-refractivity contribution in [3.63, 3.8) is 0 Å². The molecule has 0 saturated heterocycles.